The Balaban J connectivity index is 1.33. The van der Waals surface area contributed by atoms with Crippen LogP contribution in [0.5, 0.6) is 0 Å². The second kappa shape index (κ2) is 9.60. The number of anilines is 1. The third kappa shape index (κ3) is 5.48. The highest BCUT2D eigenvalue weighted by molar-refractivity contribution is 6.30. The lowest BCUT2D eigenvalue weighted by Crippen LogP contribution is -2.49. The number of benzene rings is 2. The number of hydrogen-bond acceptors (Lipinski definition) is 3. The Morgan fingerprint density at radius 2 is 1.73 bits per heavy atom. The lowest BCUT2D eigenvalue weighted by Gasteiger charge is -2.36. The highest BCUT2D eigenvalue weighted by atomic mass is 35.5. The van der Waals surface area contributed by atoms with Gasteiger partial charge in [-0.05, 0) is 36.7 Å². The smallest absolute Gasteiger partial charge is 0.223 e. The van der Waals surface area contributed by atoms with Crippen molar-refractivity contribution in [2.45, 2.75) is 12.8 Å². The molecule has 138 valence electrons. The Bertz CT molecular complexity index is 699. The van der Waals surface area contributed by atoms with Gasteiger partial charge in [-0.1, -0.05) is 48.0 Å². The summed E-state index contributed by atoms with van der Waals surface area (Å²) in [5.41, 5.74) is 2.45. The zero-order valence-corrected chi connectivity index (χ0v) is 15.8. The van der Waals surface area contributed by atoms with E-state index >= 15 is 0 Å². The number of rotatable bonds is 7. The molecule has 0 unspecified atom stereocenters. The van der Waals surface area contributed by atoms with E-state index in [0.717, 1.165) is 56.4 Å². The van der Waals surface area contributed by atoms with Gasteiger partial charge in [0.25, 0.3) is 0 Å². The van der Waals surface area contributed by atoms with Crippen LogP contribution in [0.15, 0.2) is 54.6 Å². The van der Waals surface area contributed by atoms with Gasteiger partial charge in [0, 0.05) is 49.9 Å². The molecule has 1 fully saturated rings. The molecule has 1 aliphatic rings. The molecule has 0 aliphatic carbocycles. The van der Waals surface area contributed by atoms with E-state index in [1.165, 1.54) is 5.56 Å². The number of halogens is 1. The molecule has 1 aliphatic heterocycles. The number of piperazine rings is 1. The molecule has 0 aromatic heterocycles. The van der Waals surface area contributed by atoms with Crippen LogP contribution in [0.1, 0.15) is 12.0 Å². The first-order chi connectivity index (χ1) is 12.7. The standard InChI is InChI=1S/C21H26ClN3O/c22-19-7-4-8-20(17-19)24-13-15-25(16-14-24)21(26)10-12-23-11-9-18-5-2-1-3-6-18/h1-8,17,23H,9-16H2. The molecule has 4 nitrogen and oxygen atoms in total. The summed E-state index contributed by atoms with van der Waals surface area (Å²) in [7, 11) is 0. The van der Waals surface area contributed by atoms with Gasteiger partial charge < -0.3 is 15.1 Å². The largest absolute Gasteiger partial charge is 0.368 e. The Kier molecular flexibility index (Phi) is 6.92. The fraction of sp³-hybridized carbons (Fsp3) is 0.381. The first-order valence-electron chi connectivity index (χ1n) is 9.25. The zero-order valence-electron chi connectivity index (χ0n) is 15.0. The van der Waals surface area contributed by atoms with Gasteiger partial charge in [0.2, 0.25) is 5.91 Å². The van der Waals surface area contributed by atoms with Crippen molar-refractivity contribution >= 4 is 23.2 Å². The maximum absolute atomic E-state index is 12.4. The van der Waals surface area contributed by atoms with Gasteiger partial charge in [-0.25, -0.2) is 0 Å². The van der Waals surface area contributed by atoms with Crippen LogP contribution < -0.4 is 10.2 Å². The van der Waals surface area contributed by atoms with E-state index < -0.39 is 0 Å². The molecule has 2 aromatic rings. The number of hydrogen-bond donors (Lipinski definition) is 1. The van der Waals surface area contributed by atoms with Crippen LogP contribution in [-0.2, 0) is 11.2 Å². The van der Waals surface area contributed by atoms with Gasteiger partial charge in [-0.2, -0.15) is 0 Å². The van der Waals surface area contributed by atoms with Gasteiger partial charge in [-0.3, -0.25) is 4.79 Å². The molecule has 1 saturated heterocycles. The van der Waals surface area contributed by atoms with Crippen molar-refractivity contribution in [1.29, 1.82) is 0 Å². The van der Waals surface area contributed by atoms with E-state index in [9.17, 15) is 4.79 Å². The number of amides is 1. The van der Waals surface area contributed by atoms with E-state index in [1.807, 2.05) is 29.2 Å². The Morgan fingerprint density at radius 1 is 0.962 bits per heavy atom. The average Bonchev–Trinajstić information content (AvgIpc) is 2.68. The predicted molar refractivity (Wildman–Crippen MR) is 108 cm³/mol. The fourth-order valence-corrected chi connectivity index (χ4v) is 3.43. The molecule has 0 spiro atoms. The predicted octanol–water partition coefficient (Wildman–Crippen LogP) is 3.21. The quantitative estimate of drug-likeness (QED) is 0.759. The van der Waals surface area contributed by atoms with E-state index in [2.05, 4.69) is 40.5 Å². The fourth-order valence-electron chi connectivity index (χ4n) is 3.24. The van der Waals surface area contributed by atoms with Crippen molar-refractivity contribution in [3.8, 4) is 0 Å². The normalized spacial score (nSPS) is 14.5. The second-order valence-electron chi connectivity index (χ2n) is 6.58. The third-order valence-corrected chi connectivity index (χ3v) is 4.99. The molecule has 0 saturated carbocycles. The van der Waals surface area contributed by atoms with Crippen LogP contribution in [0.2, 0.25) is 5.02 Å². The molecule has 2 aromatic carbocycles. The lowest BCUT2D eigenvalue weighted by atomic mass is 10.1. The minimum absolute atomic E-state index is 0.239. The van der Waals surface area contributed by atoms with Crippen LogP contribution in [0.4, 0.5) is 5.69 Å². The van der Waals surface area contributed by atoms with Crippen LogP contribution >= 0.6 is 11.6 Å². The van der Waals surface area contributed by atoms with Crippen molar-refractivity contribution in [2.24, 2.45) is 0 Å². The topological polar surface area (TPSA) is 35.6 Å². The second-order valence-corrected chi connectivity index (χ2v) is 7.02. The summed E-state index contributed by atoms with van der Waals surface area (Å²) in [5.74, 6) is 0.239. The number of nitrogens with one attached hydrogen (secondary N) is 1. The summed E-state index contributed by atoms with van der Waals surface area (Å²) in [6, 6.07) is 18.3. The number of nitrogens with zero attached hydrogens (tertiary/aromatic N) is 2. The maximum atomic E-state index is 12.4. The van der Waals surface area contributed by atoms with Gasteiger partial charge >= 0.3 is 0 Å². The minimum Gasteiger partial charge on any atom is -0.368 e. The van der Waals surface area contributed by atoms with Gasteiger partial charge in [0.05, 0.1) is 0 Å². The minimum atomic E-state index is 0.239. The molecule has 0 radical (unpaired) electrons. The van der Waals surface area contributed by atoms with Gasteiger partial charge in [0.1, 0.15) is 0 Å². The van der Waals surface area contributed by atoms with Crippen LogP contribution in [0, 0.1) is 0 Å². The highest BCUT2D eigenvalue weighted by Gasteiger charge is 2.20. The van der Waals surface area contributed by atoms with Crippen LogP contribution in [0.25, 0.3) is 0 Å². The molecule has 1 heterocycles. The first-order valence-corrected chi connectivity index (χ1v) is 9.63. The third-order valence-electron chi connectivity index (χ3n) is 4.75. The summed E-state index contributed by atoms with van der Waals surface area (Å²) >= 11 is 6.07. The molecular formula is C21H26ClN3O. The highest BCUT2D eigenvalue weighted by Crippen LogP contribution is 2.20. The van der Waals surface area contributed by atoms with E-state index in [-0.39, 0.29) is 5.91 Å². The van der Waals surface area contributed by atoms with Crippen LogP contribution in [0.3, 0.4) is 0 Å². The summed E-state index contributed by atoms with van der Waals surface area (Å²) in [6.45, 7) is 4.89. The van der Waals surface area contributed by atoms with Gasteiger partial charge in [0.15, 0.2) is 0 Å². The average molecular weight is 372 g/mol. The molecule has 0 bridgehead atoms. The van der Waals surface area contributed by atoms with E-state index in [0.29, 0.717) is 6.42 Å². The summed E-state index contributed by atoms with van der Waals surface area (Å²) in [5, 5.41) is 4.12. The molecule has 1 amide bonds. The first kappa shape index (κ1) is 18.7. The summed E-state index contributed by atoms with van der Waals surface area (Å²) < 4.78 is 0. The molecular weight excluding hydrogens is 346 g/mol. The van der Waals surface area contributed by atoms with Crippen molar-refractivity contribution in [1.82, 2.24) is 10.2 Å². The van der Waals surface area contributed by atoms with Gasteiger partial charge in [-0.15, -0.1) is 0 Å². The molecule has 1 N–H and O–H groups in total. The van der Waals surface area contributed by atoms with Crippen molar-refractivity contribution in [3.05, 3.63) is 65.2 Å². The monoisotopic (exact) mass is 371 g/mol. The Morgan fingerprint density at radius 3 is 2.46 bits per heavy atom. The Labute approximate surface area is 160 Å². The Hall–Kier alpha value is -2.04. The SMILES string of the molecule is O=C(CCNCCc1ccccc1)N1CCN(c2cccc(Cl)c2)CC1. The van der Waals surface area contributed by atoms with E-state index in [1.54, 1.807) is 0 Å². The van der Waals surface area contributed by atoms with Crippen molar-refractivity contribution in [2.75, 3.05) is 44.2 Å². The molecule has 5 heteroatoms. The summed E-state index contributed by atoms with van der Waals surface area (Å²) in [4.78, 5) is 16.6. The van der Waals surface area contributed by atoms with Crippen molar-refractivity contribution in [3.63, 3.8) is 0 Å². The molecule has 3 rings (SSSR count). The van der Waals surface area contributed by atoms with Crippen LogP contribution in [-0.4, -0.2) is 50.1 Å². The lowest BCUT2D eigenvalue weighted by molar-refractivity contribution is -0.131. The summed E-state index contributed by atoms with van der Waals surface area (Å²) in [6.07, 6.45) is 1.55. The molecule has 26 heavy (non-hydrogen) atoms. The zero-order chi connectivity index (χ0) is 18.2. The maximum Gasteiger partial charge on any atom is 0.223 e. The number of carbonyl (C=O) groups excluding carboxylic acids is 1. The molecule has 0 atom stereocenters. The number of carbonyl (C=O) groups is 1. The van der Waals surface area contributed by atoms with Crippen molar-refractivity contribution < 1.29 is 4.79 Å². The van der Waals surface area contributed by atoms with E-state index in [4.69, 9.17) is 11.6 Å².